The minimum Gasteiger partial charge on any atom is -0.385 e. The molecular weight excluding hydrogens is 328 g/mol. The van der Waals surface area contributed by atoms with Crippen LogP contribution < -0.4 is 16.0 Å². The van der Waals surface area contributed by atoms with Gasteiger partial charge in [-0.25, -0.2) is 0 Å². The van der Waals surface area contributed by atoms with Gasteiger partial charge in [-0.05, 0) is 24.9 Å². The molecule has 0 spiro atoms. The van der Waals surface area contributed by atoms with E-state index in [1.165, 1.54) is 11.8 Å². The molecule has 0 aliphatic carbocycles. The summed E-state index contributed by atoms with van der Waals surface area (Å²) in [7, 11) is 1.65. The summed E-state index contributed by atoms with van der Waals surface area (Å²) < 4.78 is 4.96. The fraction of sp³-hybridized carbons (Fsp3) is 0.667. The van der Waals surface area contributed by atoms with E-state index in [1.54, 1.807) is 7.11 Å². The number of nitrogens with zero attached hydrogens (tertiary/aromatic N) is 3. The lowest BCUT2D eigenvalue weighted by molar-refractivity contribution is 0.197. The van der Waals surface area contributed by atoms with Gasteiger partial charge in [0.25, 0.3) is 5.24 Å². The second kappa shape index (κ2) is 11.3. The Morgan fingerprint density at radius 3 is 2.55 bits per heavy atom. The number of rotatable bonds is 10. The van der Waals surface area contributed by atoms with Crippen molar-refractivity contribution in [2.45, 2.75) is 13.3 Å². The lowest BCUT2D eigenvalue weighted by Gasteiger charge is -2.08. The van der Waals surface area contributed by atoms with E-state index < -0.39 is 0 Å². The Kier molecular flexibility index (Phi) is 9.60. The lowest BCUT2D eigenvalue weighted by Crippen LogP contribution is -2.19. The highest BCUT2D eigenvalue weighted by molar-refractivity contribution is 8.13. The van der Waals surface area contributed by atoms with Gasteiger partial charge >= 0.3 is 0 Å². The Hall–Kier alpha value is -1.32. The maximum absolute atomic E-state index is 11.3. The molecule has 0 bridgehead atoms. The Labute approximate surface area is 139 Å². The number of ether oxygens (including phenoxy) is 1. The van der Waals surface area contributed by atoms with Crippen molar-refractivity contribution < 1.29 is 9.53 Å². The number of hydrogen-bond acceptors (Lipinski definition) is 8. The van der Waals surface area contributed by atoms with Gasteiger partial charge in [0.1, 0.15) is 0 Å². The first kappa shape index (κ1) is 18.7. The number of amides is 1. The molecular formula is C12H21ClN6O2S. The number of carbonyl (C=O) groups is 1. The molecule has 1 heterocycles. The van der Waals surface area contributed by atoms with Gasteiger partial charge in [-0.3, -0.25) is 4.79 Å². The molecule has 0 saturated heterocycles. The van der Waals surface area contributed by atoms with Crippen molar-refractivity contribution >= 4 is 40.5 Å². The van der Waals surface area contributed by atoms with Crippen molar-refractivity contribution in [2.24, 2.45) is 0 Å². The Balaban J connectivity index is 2.36. The molecule has 0 unspecified atom stereocenters. The van der Waals surface area contributed by atoms with Crippen molar-refractivity contribution in [3.63, 3.8) is 0 Å². The second-order valence-corrected chi connectivity index (χ2v) is 5.52. The minimum atomic E-state index is -0.0431. The highest BCUT2D eigenvalue weighted by atomic mass is 35.5. The normalized spacial score (nSPS) is 10.3. The molecule has 0 atom stereocenters. The first-order valence-corrected chi connectivity index (χ1v) is 8.31. The molecule has 0 fully saturated rings. The topological polar surface area (TPSA) is 101 Å². The van der Waals surface area contributed by atoms with Gasteiger partial charge in [-0.2, -0.15) is 15.0 Å². The number of anilines is 2. The van der Waals surface area contributed by atoms with E-state index in [0.29, 0.717) is 43.9 Å². The highest BCUT2D eigenvalue weighted by Crippen LogP contribution is 2.10. The summed E-state index contributed by atoms with van der Waals surface area (Å²) in [5.41, 5.74) is 0. The van der Waals surface area contributed by atoms with Crippen LogP contribution in [0.25, 0.3) is 0 Å². The third-order valence-corrected chi connectivity index (χ3v) is 3.34. The Morgan fingerprint density at radius 2 is 1.91 bits per heavy atom. The number of aromatic nitrogens is 3. The van der Waals surface area contributed by atoms with Crippen molar-refractivity contribution in [2.75, 3.05) is 49.7 Å². The average molecular weight is 349 g/mol. The number of nitrogens with one attached hydrogen (secondary N) is 3. The monoisotopic (exact) mass is 348 g/mol. The number of halogens is 1. The fourth-order valence-corrected chi connectivity index (χ4v) is 2.22. The molecule has 0 aromatic carbocycles. The van der Waals surface area contributed by atoms with Crippen LogP contribution in [-0.4, -0.2) is 59.3 Å². The SMILES string of the molecule is CCNC(=O)SCCNc1nc(Cl)nc(NCCCOC)n1. The summed E-state index contributed by atoms with van der Waals surface area (Å²) in [5, 5.41) is 8.84. The van der Waals surface area contributed by atoms with E-state index in [-0.39, 0.29) is 10.5 Å². The number of thioether (sulfide) groups is 1. The van der Waals surface area contributed by atoms with Gasteiger partial charge in [0.2, 0.25) is 17.2 Å². The van der Waals surface area contributed by atoms with Crippen LogP contribution >= 0.6 is 23.4 Å². The highest BCUT2D eigenvalue weighted by Gasteiger charge is 2.05. The molecule has 124 valence electrons. The van der Waals surface area contributed by atoms with E-state index in [1.807, 2.05) is 6.92 Å². The molecule has 22 heavy (non-hydrogen) atoms. The minimum absolute atomic E-state index is 0.0431. The van der Waals surface area contributed by atoms with Gasteiger partial charge in [-0.15, -0.1) is 0 Å². The molecule has 1 aromatic heterocycles. The van der Waals surface area contributed by atoms with Crippen molar-refractivity contribution in [3.05, 3.63) is 5.28 Å². The summed E-state index contributed by atoms with van der Waals surface area (Å²) in [5.74, 6) is 1.40. The predicted molar refractivity (Wildman–Crippen MR) is 89.8 cm³/mol. The fourth-order valence-electron chi connectivity index (χ4n) is 1.43. The first-order valence-electron chi connectivity index (χ1n) is 6.94. The van der Waals surface area contributed by atoms with Gasteiger partial charge in [0, 0.05) is 39.1 Å². The zero-order valence-electron chi connectivity index (χ0n) is 12.7. The van der Waals surface area contributed by atoms with Crippen LogP contribution in [0.2, 0.25) is 5.28 Å². The molecule has 0 radical (unpaired) electrons. The zero-order chi connectivity index (χ0) is 16.2. The maximum Gasteiger partial charge on any atom is 0.279 e. The van der Waals surface area contributed by atoms with Gasteiger partial charge < -0.3 is 20.7 Å². The molecule has 0 aliphatic heterocycles. The predicted octanol–water partition coefficient (Wildman–Crippen LogP) is 1.85. The molecule has 8 nitrogen and oxygen atoms in total. The Bertz CT molecular complexity index is 465. The molecule has 0 aliphatic rings. The third kappa shape index (κ3) is 8.20. The summed E-state index contributed by atoms with van der Waals surface area (Å²) >= 11 is 7.06. The molecule has 3 N–H and O–H groups in total. The van der Waals surface area contributed by atoms with Crippen LogP contribution in [-0.2, 0) is 4.74 Å². The number of methoxy groups -OCH3 is 1. The molecule has 0 saturated carbocycles. The van der Waals surface area contributed by atoms with Crippen LogP contribution in [0.1, 0.15) is 13.3 Å². The zero-order valence-corrected chi connectivity index (χ0v) is 14.3. The summed E-state index contributed by atoms with van der Waals surface area (Å²) in [6.45, 7) is 4.39. The molecule has 1 rings (SSSR count). The van der Waals surface area contributed by atoms with Crippen LogP contribution in [0.5, 0.6) is 0 Å². The van der Waals surface area contributed by atoms with Crippen LogP contribution in [0.4, 0.5) is 16.7 Å². The van der Waals surface area contributed by atoms with Crippen molar-refractivity contribution in [1.82, 2.24) is 20.3 Å². The van der Waals surface area contributed by atoms with Gasteiger partial charge in [0.15, 0.2) is 0 Å². The van der Waals surface area contributed by atoms with Crippen LogP contribution in [0, 0.1) is 0 Å². The van der Waals surface area contributed by atoms with Crippen LogP contribution in [0.15, 0.2) is 0 Å². The van der Waals surface area contributed by atoms with Crippen molar-refractivity contribution in [1.29, 1.82) is 0 Å². The average Bonchev–Trinajstić information content (AvgIpc) is 2.48. The van der Waals surface area contributed by atoms with Crippen molar-refractivity contribution in [3.8, 4) is 0 Å². The quantitative estimate of drug-likeness (QED) is 0.551. The van der Waals surface area contributed by atoms with E-state index in [0.717, 1.165) is 6.42 Å². The van der Waals surface area contributed by atoms with E-state index in [2.05, 4.69) is 30.9 Å². The third-order valence-electron chi connectivity index (χ3n) is 2.36. The summed E-state index contributed by atoms with van der Waals surface area (Å²) in [4.78, 5) is 23.5. The van der Waals surface area contributed by atoms with Crippen LogP contribution in [0.3, 0.4) is 0 Å². The molecule has 1 aromatic rings. The van der Waals surface area contributed by atoms with E-state index in [4.69, 9.17) is 16.3 Å². The van der Waals surface area contributed by atoms with Gasteiger partial charge in [0.05, 0.1) is 0 Å². The Morgan fingerprint density at radius 1 is 1.23 bits per heavy atom. The molecule has 1 amide bonds. The van der Waals surface area contributed by atoms with Gasteiger partial charge in [-0.1, -0.05) is 11.8 Å². The maximum atomic E-state index is 11.3. The first-order chi connectivity index (χ1) is 10.7. The smallest absolute Gasteiger partial charge is 0.279 e. The standard InChI is InChI=1S/C12H21ClN6O2S/c1-3-14-12(20)22-8-6-16-11-18-9(13)17-10(19-11)15-5-4-7-21-2/h3-8H2,1-2H3,(H,14,20)(H2,15,16,17,18,19). The molecule has 10 heteroatoms. The number of hydrogen-bond donors (Lipinski definition) is 3. The second-order valence-electron chi connectivity index (χ2n) is 4.12. The van der Waals surface area contributed by atoms with E-state index >= 15 is 0 Å². The number of carbonyl (C=O) groups excluding carboxylic acids is 1. The lowest BCUT2D eigenvalue weighted by atomic mass is 10.4. The summed E-state index contributed by atoms with van der Waals surface area (Å²) in [6, 6.07) is 0. The summed E-state index contributed by atoms with van der Waals surface area (Å²) in [6.07, 6.45) is 0.839. The largest absolute Gasteiger partial charge is 0.385 e. The van der Waals surface area contributed by atoms with E-state index in [9.17, 15) is 4.79 Å².